The van der Waals surface area contributed by atoms with Crippen molar-refractivity contribution in [3.63, 3.8) is 0 Å². The third-order valence-corrected chi connectivity index (χ3v) is 4.67. The number of nitrogens with zero attached hydrogens (tertiary/aromatic N) is 2. The molecule has 134 valence electrons. The summed E-state index contributed by atoms with van der Waals surface area (Å²) in [5, 5.41) is 0. The Morgan fingerprint density at radius 3 is 2.08 bits per heavy atom. The summed E-state index contributed by atoms with van der Waals surface area (Å²) in [7, 11) is 0. The first kappa shape index (κ1) is 17.5. The molecule has 0 N–H and O–H groups in total. The molecule has 0 spiro atoms. The molecule has 1 aromatic carbocycles. The third-order valence-electron chi connectivity index (χ3n) is 4.67. The van der Waals surface area contributed by atoms with Crippen molar-refractivity contribution in [3.05, 3.63) is 24.3 Å². The molecule has 2 heterocycles. The second-order valence-electron chi connectivity index (χ2n) is 7.55. The van der Waals surface area contributed by atoms with Crippen molar-refractivity contribution < 1.29 is 19.1 Å². The van der Waals surface area contributed by atoms with Crippen molar-refractivity contribution in [2.45, 2.75) is 46.0 Å². The number of piperidine rings is 2. The van der Waals surface area contributed by atoms with Crippen LogP contribution in [0.25, 0.3) is 0 Å². The topological polar surface area (TPSA) is 66.9 Å². The maximum absolute atomic E-state index is 12.3. The van der Waals surface area contributed by atoms with Gasteiger partial charge in [0.2, 0.25) is 11.8 Å². The van der Waals surface area contributed by atoms with Gasteiger partial charge in [0, 0.05) is 25.9 Å². The molecule has 0 bridgehead atoms. The van der Waals surface area contributed by atoms with Gasteiger partial charge in [-0.3, -0.25) is 14.5 Å². The summed E-state index contributed by atoms with van der Waals surface area (Å²) in [4.78, 5) is 39.7. The van der Waals surface area contributed by atoms with Gasteiger partial charge in [-0.1, -0.05) is 13.8 Å². The maximum Gasteiger partial charge on any atom is 0.415 e. The molecule has 0 atom stereocenters. The fourth-order valence-corrected chi connectivity index (χ4v) is 3.37. The molecule has 0 radical (unpaired) electrons. The number of benzene rings is 1. The second-order valence-corrected chi connectivity index (χ2v) is 7.55. The van der Waals surface area contributed by atoms with Gasteiger partial charge in [0.25, 0.3) is 0 Å². The second kappa shape index (κ2) is 6.86. The molecule has 0 aliphatic carbocycles. The molecule has 6 heteroatoms. The molecule has 2 aliphatic rings. The van der Waals surface area contributed by atoms with Gasteiger partial charge in [0.15, 0.2) is 0 Å². The van der Waals surface area contributed by atoms with Crippen LogP contribution in [0.1, 0.15) is 46.0 Å². The number of likely N-dealkylation sites (tertiary alicyclic amines) is 1. The summed E-state index contributed by atoms with van der Waals surface area (Å²) in [5.41, 5.74) is 0.220. The average Bonchev–Trinajstić information content (AvgIpc) is 2.55. The molecule has 2 aliphatic heterocycles. The minimum atomic E-state index is -0.348. The summed E-state index contributed by atoms with van der Waals surface area (Å²) in [5.74, 6) is 0.0233. The van der Waals surface area contributed by atoms with Crippen LogP contribution in [0, 0.1) is 5.41 Å². The first-order chi connectivity index (χ1) is 11.9. The van der Waals surface area contributed by atoms with E-state index in [1.807, 2.05) is 13.8 Å². The van der Waals surface area contributed by atoms with Crippen molar-refractivity contribution >= 4 is 23.6 Å². The SMILES string of the molecule is CC1(C)CC(=O)N(c2ccc(OC(=O)N3CCCCC3)cc2)C(=O)C1. The van der Waals surface area contributed by atoms with Gasteiger partial charge in [-0.05, 0) is 48.9 Å². The van der Waals surface area contributed by atoms with Gasteiger partial charge in [-0.15, -0.1) is 0 Å². The van der Waals surface area contributed by atoms with E-state index in [1.165, 1.54) is 4.90 Å². The quantitative estimate of drug-likeness (QED) is 0.772. The van der Waals surface area contributed by atoms with Gasteiger partial charge in [-0.2, -0.15) is 0 Å². The highest BCUT2D eigenvalue weighted by Crippen LogP contribution is 2.34. The van der Waals surface area contributed by atoms with Crippen molar-refractivity contribution in [1.29, 1.82) is 0 Å². The monoisotopic (exact) mass is 344 g/mol. The van der Waals surface area contributed by atoms with Gasteiger partial charge < -0.3 is 9.64 Å². The van der Waals surface area contributed by atoms with E-state index < -0.39 is 0 Å². The average molecular weight is 344 g/mol. The number of amides is 3. The predicted molar refractivity (Wildman–Crippen MR) is 93.4 cm³/mol. The van der Waals surface area contributed by atoms with Crippen LogP contribution in [0.3, 0.4) is 0 Å². The van der Waals surface area contributed by atoms with E-state index in [9.17, 15) is 14.4 Å². The van der Waals surface area contributed by atoms with Gasteiger partial charge >= 0.3 is 6.09 Å². The number of hydrogen-bond donors (Lipinski definition) is 0. The van der Waals surface area contributed by atoms with Gasteiger partial charge in [0.1, 0.15) is 5.75 Å². The molecule has 25 heavy (non-hydrogen) atoms. The van der Waals surface area contributed by atoms with Crippen molar-refractivity contribution in [3.8, 4) is 5.75 Å². The highest BCUT2D eigenvalue weighted by atomic mass is 16.6. The number of carbonyl (C=O) groups is 3. The van der Waals surface area contributed by atoms with Crippen LogP contribution < -0.4 is 9.64 Å². The molecule has 0 aromatic heterocycles. The molecular weight excluding hydrogens is 320 g/mol. The summed E-state index contributed by atoms with van der Waals surface area (Å²) in [6, 6.07) is 6.54. The lowest BCUT2D eigenvalue weighted by molar-refractivity contribution is -0.132. The number of imide groups is 1. The fourth-order valence-electron chi connectivity index (χ4n) is 3.37. The highest BCUT2D eigenvalue weighted by Gasteiger charge is 2.38. The Balaban J connectivity index is 1.67. The number of hydrogen-bond acceptors (Lipinski definition) is 4. The zero-order valence-corrected chi connectivity index (χ0v) is 14.8. The van der Waals surface area contributed by atoms with E-state index >= 15 is 0 Å². The number of carbonyl (C=O) groups excluding carboxylic acids is 3. The summed E-state index contributed by atoms with van der Waals surface area (Å²) >= 11 is 0. The van der Waals surface area contributed by atoms with Crippen molar-refractivity contribution in [2.75, 3.05) is 18.0 Å². The maximum atomic E-state index is 12.3. The predicted octanol–water partition coefficient (Wildman–Crippen LogP) is 3.35. The first-order valence-corrected chi connectivity index (χ1v) is 8.78. The van der Waals surface area contributed by atoms with Crippen LogP contribution in [0.5, 0.6) is 5.75 Å². The Morgan fingerprint density at radius 1 is 0.960 bits per heavy atom. The van der Waals surface area contributed by atoms with Crippen molar-refractivity contribution in [1.82, 2.24) is 4.90 Å². The Morgan fingerprint density at radius 2 is 1.52 bits per heavy atom. The summed E-state index contributed by atoms with van der Waals surface area (Å²) in [6.07, 6.45) is 3.48. The highest BCUT2D eigenvalue weighted by molar-refractivity contribution is 6.16. The van der Waals surface area contributed by atoms with E-state index in [0.29, 0.717) is 24.3 Å². The Kier molecular flexibility index (Phi) is 4.79. The molecule has 2 saturated heterocycles. The van der Waals surface area contributed by atoms with Crippen molar-refractivity contribution in [2.24, 2.45) is 5.41 Å². The number of rotatable bonds is 2. The minimum Gasteiger partial charge on any atom is -0.410 e. The van der Waals surface area contributed by atoms with Crippen LogP contribution in [0.2, 0.25) is 0 Å². The minimum absolute atomic E-state index is 0.195. The standard InChI is InChI=1S/C19H24N2O4/c1-19(2)12-16(22)21(17(23)13-19)14-6-8-15(9-7-14)25-18(24)20-10-4-3-5-11-20/h6-9H,3-5,10-13H2,1-2H3. The van der Waals surface area contributed by atoms with Crippen LogP contribution in [0.4, 0.5) is 10.5 Å². The lowest BCUT2D eigenvalue weighted by atomic mass is 9.81. The summed E-state index contributed by atoms with van der Waals surface area (Å²) in [6.45, 7) is 5.29. The molecule has 3 amide bonds. The van der Waals surface area contributed by atoms with E-state index in [2.05, 4.69) is 0 Å². The smallest absolute Gasteiger partial charge is 0.410 e. The lowest BCUT2D eigenvalue weighted by Gasteiger charge is -2.34. The largest absolute Gasteiger partial charge is 0.415 e. The molecule has 6 nitrogen and oxygen atoms in total. The van der Waals surface area contributed by atoms with Crippen LogP contribution in [0.15, 0.2) is 24.3 Å². The molecule has 2 fully saturated rings. The fraction of sp³-hybridized carbons (Fsp3) is 0.526. The number of ether oxygens (including phenoxy) is 1. The van der Waals surface area contributed by atoms with Crippen LogP contribution in [-0.2, 0) is 9.59 Å². The van der Waals surface area contributed by atoms with Gasteiger partial charge in [0.05, 0.1) is 5.69 Å². The van der Waals surface area contributed by atoms with E-state index in [0.717, 1.165) is 32.4 Å². The van der Waals surface area contributed by atoms with E-state index in [4.69, 9.17) is 4.74 Å². The van der Waals surface area contributed by atoms with E-state index in [-0.39, 0.29) is 23.3 Å². The normalized spacial score (nSPS) is 20.6. The molecule has 3 rings (SSSR count). The molecule has 1 aromatic rings. The molecular formula is C19H24N2O4. The zero-order chi connectivity index (χ0) is 18.0. The third kappa shape index (κ3) is 4.00. The zero-order valence-electron chi connectivity index (χ0n) is 14.8. The Labute approximate surface area is 147 Å². The van der Waals surface area contributed by atoms with E-state index in [1.54, 1.807) is 29.2 Å². The van der Waals surface area contributed by atoms with Crippen LogP contribution >= 0.6 is 0 Å². The Hall–Kier alpha value is -2.37. The molecule has 0 unspecified atom stereocenters. The molecule has 0 saturated carbocycles. The first-order valence-electron chi connectivity index (χ1n) is 8.78. The lowest BCUT2D eigenvalue weighted by Crippen LogP contribution is -2.46. The van der Waals surface area contributed by atoms with Gasteiger partial charge in [-0.25, -0.2) is 4.79 Å². The Bertz CT molecular complexity index is 655. The summed E-state index contributed by atoms with van der Waals surface area (Å²) < 4.78 is 5.38. The van der Waals surface area contributed by atoms with Crippen LogP contribution in [-0.4, -0.2) is 35.9 Å². The number of anilines is 1.